The number of esters is 1. The highest BCUT2D eigenvalue weighted by atomic mass is 16.5. The van der Waals surface area contributed by atoms with Gasteiger partial charge in [-0.15, -0.1) is 0 Å². The van der Waals surface area contributed by atoms with Crippen LogP contribution in [-0.4, -0.2) is 35.9 Å². The number of aliphatic hydroxyl groups is 1. The zero-order valence-corrected chi connectivity index (χ0v) is 12.0. The molecule has 0 aromatic heterocycles. The van der Waals surface area contributed by atoms with Crippen molar-refractivity contribution in [2.75, 3.05) is 7.11 Å². The van der Waals surface area contributed by atoms with Crippen molar-refractivity contribution >= 4 is 17.7 Å². The van der Waals surface area contributed by atoms with Crippen LogP contribution < -0.4 is 5.32 Å². The van der Waals surface area contributed by atoms with E-state index >= 15 is 0 Å². The van der Waals surface area contributed by atoms with Crippen molar-refractivity contribution in [2.24, 2.45) is 0 Å². The zero-order valence-electron chi connectivity index (χ0n) is 12.0. The molecular weight excluding hydrogens is 274 g/mol. The topological polar surface area (TPSA) is 92.7 Å². The van der Waals surface area contributed by atoms with E-state index in [1.54, 1.807) is 30.3 Å². The summed E-state index contributed by atoms with van der Waals surface area (Å²) in [5, 5.41) is 12.3. The van der Waals surface area contributed by atoms with Gasteiger partial charge in [0.05, 0.1) is 7.11 Å². The molecule has 0 saturated heterocycles. The van der Waals surface area contributed by atoms with Crippen molar-refractivity contribution < 1.29 is 24.2 Å². The van der Waals surface area contributed by atoms with E-state index in [1.807, 2.05) is 0 Å². The van der Waals surface area contributed by atoms with Crippen LogP contribution in [0.15, 0.2) is 30.3 Å². The summed E-state index contributed by atoms with van der Waals surface area (Å²) in [7, 11) is 1.20. The molecule has 1 aromatic carbocycles. The summed E-state index contributed by atoms with van der Waals surface area (Å²) in [6, 6.07) is 7.40. The van der Waals surface area contributed by atoms with E-state index in [9.17, 15) is 19.5 Å². The fraction of sp³-hybridized carbons (Fsp3) is 0.400. The van der Waals surface area contributed by atoms with Crippen molar-refractivity contribution in [2.45, 2.75) is 31.9 Å². The highest BCUT2D eigenvalue weighted by Crippen LogP contribution is 2.13. The number of ether oxygens (including phenoxy) is 1. The number of benzene rings is 1. The fourth-order valence-electron chi connectivity index (χ4n) is 1.78. The summed E-state index contributed by atoms with van der Waals surface area (Å²) >= 11 is 0. The highest BCUT2D eigenvalue weighted by Gasteiger charge is 2.25. The molecule has 0 aliphatic carbocycles. The molecule has 21 heavy (non-hydrogen) atoms. The van der Waals surface area contributed by atoms with Crippen LogP contribution in [0.3, 0.4) is 0 Å². The molecule has 2 N–H and O–H groups in total. The van der Waals surface area contributed by atoms with Crippen molar-refractivity contribution in [1.29, 1.82) is 0 Å². The number of nitrogens with one attached hydrogen (secondary N) is 1. The van der Waals surface area contributed by atoms with Crippen LogP contribution in [0.2, 0.25) is 0 Å². The number of hydrogen-bond donors (Lipinski definition) is 2. The normalized spacial score (nSPS) is 13.1. The molecule has 0 saturated carbocycles. The number of aliphatic hydroxyl groups excluding tert-OH is 1. The molecular formula is C15H19NO5. The summed E-state index contributed by atoms with van der Waals surface area (Å²) in [4.78, 5) is 34.5. The molecule has 114 valence electrons. The Labute approximate surface area is 123 Å². The standard InChI is InChI=1S/C15H19NO5/c1-10(17)8-9-12(15(20)21-2)16-14(19)13(18)11-6-4-3-5-7-11/h3-7,12-13,18H,8-9H2,1-2H3,(H,16,19)/t12-,13-/m0/s1. The van der Waals surface area contributed by atoms with Crippen LogP contribution in [-0.2, 0) is 19.1 Å². The SMILES string of the molecule is COC(=O)[C@H](CCC(C)=O)NC(=O)[C@@H](O)c1ccccc1. The van der Waals surface area contributed by atoms with Crippen LogP contribution in [0.1, 0.15) is 31.4 Å². The number of carbonyl (C=O) groups is 3. The predicted molar refractivity (Wildman–Crippen MR) is 75.3 cm³/mol. The van der Waals surface area contributed by atoms with Crippen LogP contribution in [0.25, 0.3) is 0 Å². The Morgan fingerprint density at radius 3 is 2.38 bits per heavy atom. The molecule has 6 heteroatoms. The number of Topliss-reactive ketones (excluding diaryl/α,β-unsaturated/α-hetero) is 1. The quantitative estimate of drug-likeness (QED) is 0.724. The van der Waals surface area contributed by atoms with Crippen molar-refractivity contribution in [3.05, 3.63) is 35.9 Å². The Hall–Kier alpha value is -2.21. The number of hydrogen-bond acceptors (Lipinski definition) is 5. The molecule has 2 atom stereocenters. The summed E-state index contributed by atoms with van der Waals surface area (Å²) in [6.45, 7) is 1.40. The molecule has 1 amide bonds. The van der Waals surface area contributed by atoms with Gasteiger partial charge in [-0.1, -0.05) is 30.3 Å². The minimum absolute atomic E-state index is 0.0956. The minimum atomic E-state index is -1.38. The maximum atomic E-state index is 12.0. The third-order valence-electron chi connectivity index (χ3n) is 2.95. The monoisotopic (exact) mass is 293 g/mol. The van der Waals surface area contributed by atoms with Gasteiger partial charge in [0.2, 0.25) is 0 Å². The first kappa shape index (κ1) is 16.8. The second-order valence-electron chi connectivity index (χ2n) is 4.64. The second kappa shape index (κ2) is 8.16. The largest absolute Gasteiger partial charge is 0.467 e. The molecule has 0 radical (unpaired) electrons. The van der Waals surface area contributed by atoms with Gasteiger partial charge in [-0.05, 0) is 18.9 Å². The summed E-state index contributed by atoms with van der Waals surface area (Å²) in [6.07, 6.45) is -1.10. The van der Waals surface area contributed by atoms with Gasteiger partial charge in [-0.2, -0.15) is 0 Å². The van der Waals surface area contributed by atoms with Crippen LogP contribution >= 0.6 is 0 Å². The van der Waals surface area contributed by atoms with E-state index in [0.717, 1.165) is 0 Å². The Balaban J connectivity index is 2.71. The van der Waals surface area contributed by atoms with Gasteiger partial charge in [0.25, 0.3) is 5.91 Å². The number of amides is 1. The lowest BCUT2D eigenvalue weighted by Gasteiger charge is -2.18. The van der Waals surface area contributed by atoms with Gasteiger partial charge in [0.15, 0.2) is 6.10 Å². The van der Waals surface area contributed by atoms with Crippen LogP contribution in [0.4, 0.5) is 0 Å². The number of methoxy groups -OCH3 is 1. The average Bonchev–Trinajstić information content (AvgIpc) is 2.50. The van der Waals surface area contributed by atoms with Gasteiger partial charge < -0.3 is 20.0 Å². The van der Waals surface area contributed by atoms with Gasteiger partial charge in [-0.25, -0.2) is 4.79 Å². The fourth-order valence-corrected chi connectivity index (χ4v) is 1.78. The lowest BCUT2D eigenvalue weighted by Crippen LogP contribution is -2.43. The summed E-state index contributed by atoms with van der Waals surface area (Å²) in [5.74, 6) is -1.45. The van der Waals surface area contributed by atoms with E-state index in [1.165, 1.54) is 14.0 Å². The maximum absolute atomic E-state index is 12.0. The molecule has 0 heterocycles. The third kappa shape index (κ3) is 5.35. The average molecular weight is 293 g/mol. The smallest absolute Gasteiger partial charge is 0.328 e. The Bertz CT molecular complexity index is 500. The molecule has 1 rings (SSSR count). The first-order valence-electron chi connectivity index (χ1n) is 6.56. The van der Waals surface area contributed by atoms with E-state index in [4.69, 9.17) is 0 Å². The number of carbonyl (C=O) groups excluding carboxylic acids is 3. The molecule has 0 aliphatic rings. The Kier molecular flexibility index (Phi) is 6.55. The molecule has 6 nitrogen and oxygen atoms in total. The van der Waals surface area contributed by atoms with Crippen molar-refractivity contribution in [1.82, 2.24) is 5.32 Å². The molecule has 0 fully saturated rings. The lowest BCUT2D eigenvalue weighted by atomic mass is 10.1. The van der Waals surface area contributed by atoms with Gasteiger partial charge >= 0.3 is 5.97 Å². The van der Waals surface area contributed by atoms with Crippen LogP contribution in [0.5, 0.6) is 0 Å². The summed E-state index contributed by atoms with van der Waals surface area (Å²) in [5.41, 5.74) is 0.421. The Morgan fingerprint density at radius 2 is 1.86 bits per heavy atom. The van der Waals surface area contributed by atoms with E-state index in [2.05, 4.69) is 10.1 Å². The van der Waals surface area contributed by atoms with Gasteiger partial charge in [0, 0.05) is 6.42 Å². The molecule has 1 aromatic rings. The zero-order chi connectivity index (χ0) is 15.8. The molecule has 0 aliphatic heterocycles. The number of rotatable bonds is 7. The van der Waals surface area contributed by atoms with Crippen molar-refractivity contribution in [3.63, 3.8) is 0 Å². The first-order valence-corrected chi connectivity index (χ1v) is 6.56. The maximum Gasteiger partial charge on any atom is 0.328 e. The van der Waals surface area contributed by atoms with E-state index in [0.29, 0.717) is 5.56 Å². The molecule has 0 spiro atoms. The number of ketones is 1. The molecule has 0 bridgehead atoms. The summed E-state index contributed by atoms with van der Waals surface area (Å²) < 4.78 is 4.58. The minimum Gasteiger partial charge on any atom is -0.467 e. The van der Waals surface area contributed by atoms with Crippen molar-refractivity contribution in [3.8, 4) is 0 Å². The lowest BCUT2D eigenvalue weighted by molar-refractivity contribution is -0.146. The molecule has 0 unspecified atom stereocenters. The predicted octanol–water partition coefficient (Wildman–Crippen LogP) is 0.747. The van der Waals surface area contributed by atoms with E-state index in [-0.39, 0.29) is 18.6 Å². The third-order valence-corrected chi connectivity index (χ3v) is 2.95. The first-order chi connectivity index (χ1) is 9.95. The van der Waals surface area contributed by atoms with E-state index < -0.39 is 24.0 Å². The second-order valence-corrected chi connectivity index (χ2v) is 4.64. The Morgan fingerprint density at radius 1 is 1.24 bits per heavy atom. The van der Waals surface area contributed by atoms with Gasteiger partial charge in [0.1, 0.15) is 11.8 Å². The van der Waals surface area contributed by atoms with Gasteiger partial charge in [-0.3, -0.25) is 4.79 Å². The van der Waals surface area contributed by atoms with Crippen LogP contribution in [0, 0.1) is 0 Å². The highest BCUT2D eigenvalue weighted by molar-refractivity contribution is 5.88.